The van der Waals surface area contributed by atoms with E-state index in [0.717, 1.165) is 37.1 Å². The summed E-state index contributed by atoms with van der Waals surface area (Å²) in [5, 5.41) is 0. The number of hydrogen-bond donors (Lipinski definition) is 0. The van der Waals surface area contributed by atoms with Crippen LogP contribution in [0.25, 0.3) is 0 Å². The lowest BCUT2D eigenvalue weighted by molar-refractivity contribution is 0.0577. The van der Waals surface area contributed by atoms with Crippen LogP contribution >= 0.6 is 0 Å². The SMILES string of the molecule is CN1C[C@@H]2C[C@@]3(C)[C@H](CCCC[C@@H]13)N2C(=O)c1ccnc(Cc2ccccc2)c1. The van der Waals surface area contributed by atoms with Crippen LogP contribution in [0, 0.1) is 5.41 Å². The molecule has 2 saturated heterocycles. The van der Waals surface area contributed by atoms with E-state index in [1.165, 1.54) is 24.8 Å². The summed E-state index contributed by atoms with van der Waals surface area (Å²) in [5.41, 5.74) is 3.21. The normalized spacial score (nSPS) is 31.5. The van der Waals surface area contributed by atoms with Gasteiger partial charge in [0.2, 0.25) is 0 Å². The van der Waals surface area contributed by atoms with Crippen molar-refractivity contribution in [3.05, 3.63) is 65.5 Å². The Morgan fingerprint density at radius 1 is 1.14 bits per heavy atom. The molecule has 0 unspecified atom stereocenters. The molecule has 4 nitrogen and oxygen atoms in total. The van der Waals surface area contributed by atoms with E-state index in [1.807, 2.05) is 18.2 Å². The Morgan fingerprint density at radius 3 is 2.69 bits per heavy atom. The molecule has 2 bridgehead atoms. The number of hydrogen-bond acceptors (Lipinski definition) is 3. The lowest BCUT2D eigenvalue weighted by atomic mass is 9.71. The fourth-order valence-corrected chi connectivity index (χ4v) is 6.45. The highest BCUT2D eigenvalue weighted by Crippen LogP contribution is 2.53. The van der Waals surface area contributed by atoms with Crippen LogP contribution in [-0.2, 0) is 6.42 Å². The van der Waals surface area contributed by atoms with Crippen LogP contribution < -0.4 is 0 Å². The largest absolute Gasteiger partial charge is 0.331 e. The zero-order valence-electron chi connectivity index (χ0n) is 17.6. The van der Waals surface area contributed by atoms with Crippen molar-refractivity contribution in [2.45, 2.75) is 63.6 Å². The van der Waals surface area contributed by atoms with Crippen LogP contribution in [0.4, 0.5) is 0 Å². The van der Waals surface area contributed by atoms with Gasteiger partial charge in [0, 0.05) is 54.0 Å². The molecule has 29 heavy (non-hydrogen) atoms. The van der Waals surface area contributed by atoms with E-state index >= 15 is 0 Å². The van der Waals surface area contributed by atoms with E-state index in [0.29, 0.717) is 18.1 Å². The van der Waals surface area contributed by atoms with Gasteiger partial charge in [0.05, 0.1) is 0 Å². The second kappa shape index (κ2) is 7.24. The molecule has 4 heteroatoms. The van der Waals surface area contributed by atoms with Gasteiger partial charge in [-0.25, -0.2) is 0 Å². The number of amides is 1. The van der Waals surface area contributed by atoms with Crippen LogP contribution in [0.2, 0.25) is 0 Å². The number of pyridine rings is 1. The van der Waals surface area contributed by atoms with Crippen LogP contribution in [0.1, 0.15) is 60.6 Å². The molecule has 2 aliphatic heterocycles. The number of nitrogens with zero attached hydrogens (tertiary/aromatic N) is 3. The molecule has 1 saturated carbocycles. The summed E-state index contributed by atoms with van der Waals surface area (Å²) in [6, 6.07) is 15.6. The van der Waals surface area contributed by atoms with Crippen molar-refractivity contribution >= 4 is 5.91 Å². The summed E-state index contributed by atoms with van der Waals surface area (Å²) >= 11 is 0. The van der Waals surface area contributed by atoms with Crippen LogP contribution in [0.3, 0.4) is 0 Å². The van der Waals surface area contributed by atoms with Gasteiger partial charge in [-0.05, 0) is 44.0 Å². The van der Waals surface area contributed by atoms with Crippen LogP contribution in [0.5, 0.6) is 0 Å². The highest BCUT2D eigenvalue weighted by Gasteiger charge is 2.59. The van der Waals surface area contributed by atoms with Gasteiger partial charge in [0.1, 0.15) is 0 Å². The zero-order valence-corrected chi connectivity index (χ0v) is 17.6. The smallest absolute Gasteiger partial charge is 0.254 e. The summed E-state index contributed by atoms with van der Waals surface area (Å²) in [5.74, 6) is 0.205. The molecule has 1 aromatic carbocycles. The first-order valence-corrected chi connectivity index (χ1v) is 11.1. The lowest BCUT2D eigenvalue weighted by Gasteiger charge is -2.44. The second-order valence-electron chi connectivity index (χ2n) is 9.53. The van der Waals surface area contributed by atoms with Gasteiger partial charge in [-0.1, -0.05) is 50.1 Å². The minimum atomic E-state index is 0.205. The molecular formula is C25H31N3O. The summed E-state index contributed by atoms with van der Waals surface area (Å²) in [6.45, 7) is 3.45. The first-order chi connectivity index (χ1) is 14.1. The maximum atomic E-state index is 13.7. The summed E-state index contributed by atoms with van der Waals surface area (Å²) in [4.78, 5) is 23.1. The number of aromatic nitrogens is 1. The maximum Gasteiger partial charge on any atom is 0.254 e. The molecule has 0 spiro atoms. The number of carbonyl (C=O) groups excluding carboxylic acids is 1. The number of carbonyl (C=O) groups is 1. The first kappa shape index (κ1) is 18.8. The van der Waals surface area contributed by atoms with E-state index in [1.54, 1.807) is 6.20 Å². The van der Waals surface area contributed by atoms with Gasteiger partial charge in [0.25, 0.3) is 5.91 Å². The van der Waals surface area contributed by atoms with Crippen molar-refractivity contribution in [3.8, 4) is 0 Å². The molecule has 3 aliphatic rings. The van der Waals surface area contributed by atoms with Crippen molar-refractivity contribution in [3.63, 3.8) is 0 Å². The number of benzene rings is 1. The fourth-order valence-electron chi connectivity index (χ4n) is 6.45. The van der Waals surface area contributed by atoms with E-state index in [2.05, 4.69) is 53.0 Å². The Balaban J connectivity index is 1.44. The van der Waals surface area contributed by atoms with E-state index in [9.17, 15) is 4.79 Å². The second-order valence-corrected chi connectivity index (χ2v) is 9.53. The maximum absolute atomic E-state index is 13.7. The first-order valence-electron chi connectivity index (χ1n) is 11.1. The molecule has 3 fully saturated rings. The summed E-state index contributed by atoms with van der Waals surface area (Å²) in [7, 11) is 2.26. The molecule has 1 aromatic heterocycles. The molecule has 2 aromatic rings. The Morgan fingerprint density at radius 2 is 1.90 bits per heavy atom. The van der Waals surface area contributed by atoms with Crippen LogP contribution in [0.15, 0.2) is 48.7 Å². The number of piperidine rings is 1. The quantitative estimate of drug-likeness (QED) is 0.791. The van der Waals surface area contributed by atoms with Crippen molar-refractivity contribution in [1.29, 1.82) is 0 Å². The molecule has 5 rings (SSSR count). The molecule has 0 radical (unpaired) electrons. The standard InChI is InChI=1S/C25H31N3O/c1-25-16-21-17-27(2)22(25)10-6-7-11-23(25)28(21)24(29)19-12-13-26-20(15-19)14-18-8-4-3-5-9-18/h3-5,8-9,12-13,15,21-23H,6-7,10-11,14,16-17H2,1-2H3/t21-,22+,23-,25+/m0/s1. The van der Waals surface area contributed by atoms with Crippen molar-refractivity contribution in [2.75, 3.05) is 13.6 Å². The Kier molecular flexibility index (Phi) is 4.70. The predicted octanol–water partition coefficient (Wildman–Crippen LogP) is 4.15. The minimum absolute atomic E-state index is 0.205. The molecule has 1 aliphatic carbocycles. The molecule has 152 valence electrons. The van der Waals surface area contributed by atoms with Crippen molar-refractivity contribution < 1.29 is 4.79 Å². The molecular weight excluding hydrogens is 358 g/mol. The van der Waals surface area contributed by atoms with Crippen molar-refractivity contribution in [1.82, 2.24) is 14.8 Å². The van der Waals surface area contributed by atoms with Crippen LogP contribution in [-0.4, -0.2) is 52.4 Å². The molecule has 1 amide bonds. The van der Waals surface area contributed by atoms with Gasteiger partial charge in [-0.2, -0.15) is 0 Å². The third kappa shape index (κ3) is 3.18. The average Bonchev–Trinajstić information content (AvgIpc) is 2.83. The lowest BCUT2D eigenvalue weighted by Crippen LogP contribution is -2.51. The fraction of sp³-hybridized carbons (Fsp3) is 0.520. The van der Waals surface area contributed by atoms with E-state index < -0.39 is 0 Å². The molecule has 0 N–H and O–H groups in total. The monoisotopic (exact) mass is 389 g/mol. The van der Waals surface area contributed by atoms with E-state index in [4.69, 9.17) is 0 Å². The predicted molar refractivity (Wildman–Crippen MR) is 115 cm³/mol. The number of likely N-dealkylation sites (N-methyl/N-ethyl adjacent to an activating group) is 1. The van der Waals surface area contributed by atoms with E-state index in [-0.39, 0.29) is 11.3 Å². The minimum Gasteiger partial charge on any atom is -0.331 e. The summed E-state index contributed by atoms with van der Waals surface area (Å²) < 4.78 is 0. The Labute approximate surface area is 173 Å². The molecule has 3 heterocycles. The zero-order chi connectivity index (χ0) is 20.0. The molecule has 4 atom stereocenters. The number of rotatable bonds is 3. The van der Waals surface area contributed by atoms with Gasteiger partial charge in [0.15, 0.2) is 0 Å². The Hall–Kier alpha value is -2.20. The summed E-state index contributed by atoms with van der Waals surface area (Å²) in [6.07, 6.45) is 8.65. The van der Waals surface area contributed by atoms with Gasteiger partial charge >= 0.3 is 0 Å². The number of fused-ring (bicyclic) bond motifs is 1. The number of likely N-dealkylation sites (tertiary alicyclic amines) is 2. The topological polar surface area (TPSA) is 36.4 Å². The van der Waals surface area contributed by atoms with Crippen molar-refractivity contribution in [2.24, 2.45) is 5.41 Å². The van der Waals surface area contributed by atoms with Gasteiger partial charge in [-0.3, -0.25) is 9.78 Å². The van der Waals surface area contributed by atoms with Gasteiger partial charge in [-0.15, -0.1) is 0 Å². The highest BCUT2D eigenvalue weighted by molar-refractivity contribution is 5.95. The Bertz CT molecular complexity index is 898. The average molecular weight is 390 g/mol. The third-order valence-corrected chi connectivity index (χ3v) is 7.69. The third-order valence-electron chi connectivity index (χ3n) is 7.69. The highest BCUT2D eigenvalue weighted by atomic mass is 16.2. The van der Waals surface area contributed by atoms with Gasteiger partial charge < -0.3 is 9.80 Å².